The molecule has 0 unspecified atom stereocenters. The van der Waals surface area contributed by atoms with Gasteiger partial charge in [-0.15, -0.1) is 0 Å². The van der Waals surface area contributed by atoms with Crippen LogP contribution in [0.15, 0.2) is 18.2 Å². The zero-order valence-corrected chi connectivity index (χ0v) is 12.2. The number of carbonyl (C=O) groups excluding carboxylic acids is 1. The number of nitrogens with zero attached hydrogens (tertiary/aromatic N) is 1. The van der Waals surface area contributed by atoms with E-state index in [1.165, 1.54) is 14.2 Å². The topological polar surface area (TPSA) is 78.7 Å². The van der Waals surface area contributed by atoms with Gasteiger partial charge >= 0.3 is 0 Å². The lowest BCUT2D eigenvalue weighted by molar-refractivity contribution is -0.484. The Morgan fingerprint density at radius 3 is 2.57 bits per heavy atom. The summed E-state index contributed by atoms with van der Waals surface area (Å²) in [5.41, 5.74) is 0.754. The fourth-order valence-corrected chi connectivity index (χ4v) is 2.98. The van der Waals surface area contributed by atoms with Crippen molar-refractivity contribution in [1.82, 2.24) is 0 Å². The van der Waals surface area contributed by atoms with Crippen molar-refractivity contribution in [2.45, 2.75) is 25.2 Å². The van der Waals surface area contributed by atoms with E-state index in [0.29, 0.717) is 24.3 Å². The molecular weight excluding hydrogens is 274 g/mol. The van der Waals surface area contributed by atoms with Crippen molar-refractivity contribution in [3.8, 4) is 11.5 Å². The molecule has 21 heavy (non-hydrogen) atoms. The van der Waals surface area contributed by atoms with Crippen LogP contribution in [-0.2, 0) is 4.79 Å². The maximum absolute atomic E-state index is 12.0. The Balaban J connectivity index is 2.36. The molecule has 0 bridgehead atoms. The van der Waals surface area contributed by atoms with Crippen molar-refractivity contribution in [2.75, 3.05) is 20.8 Å². The fraction of sp³-hybridized carbons (Fsp3) is 0.533. The number of hydrogen-bond donors (Lipinski definition) is 0. The lowest BCUT2D eigenvalue weighted by Crippen LogP contribution is -2.24. The molecule has 114 valence electrons. The van der Waals surface area contributed by atoms with Crippen LogP contribution in [0.4, 0.5) is 0 Å². The van der Waals surface area contributed by atoms with E-state index in [9.17, 15) is 14.9 Å². The molecule has 0 amide bonds. The smallest absolute Gasteiger partial charge is 0.211 e. The molecule has 0 radical (unpaired) electrons. The Hall–Kier alpha value is -2.11. The van der Waals surface area contributed by atoms with Gasteiger partial charge in [-0.3, -0.25) is 14.9 Å². The number of carbonyl (C=O) groups is 1. The van der Waals surface area contributed by atoms with Crippen molar-refractivity contribution in [3.05, 3.63) is 33.9 Å². The van der Waals surface area contributed by atoms with Gasteiger partial charge in [0.2, 0.25) is 6.54 Å². The van der Waals surface area contributed by atoms with Crippen LogP contribution in [-0.4, -0.2) is 31.5 Å². The summed E-state index contributed by atoms with van der Waals surface area (Å²) in [6.07, 6.45) is 2.04. The van der Waals surface area contributed by atoms with Gasteiger partial charge in [-0.1, -0.05) is 6.07 Å². The summed E-state index contributed by atoms with van der Waals surface area (Å²) < 4.78 is 10.4. The first-order valence-corrected chi connectivity index (χ1v) is 6.93. The predicted molar refractivity (Wildman–Crippen MR) is 76.5 cm³/mol. The molecule has 1 aliphatic rings. The first kappa shape index (κ1) is 15.3. The first-order chi connectivity index (χ1) is 10.1. The number of nitro groups is 1. The maximum Gasteiger partial charge on any atom is 0.211 e. The van der Waals surface area contributed by atoms with Crippen LogP contribution >= 0.6 is 0 Å². The quantitative estimate of drug-likeness (QED) is 0.594. The van der Waals surface area contributed by atoms with Crippen LogP contribution in [0.3, 0.4) is 0 Å². The van der Waals surface area contributed by atoms with Crippen LogP contribution in [0.2, 0.25) is 0 Å². The van der Waals surface area contributed by atoms with Gasteiger partial charge in [0.25, 0.3) is 0 Å². The minimum absolute atomic E-state index is 0.122. The highest BCUT2D eigenvalue weighted by Gasteiger charge is 2.36. The number of methoxy groups -OCH3 is 2. The van der Waals surface area contributed by atoms with Crippen LogP contribution < -0.4 is 9.47 Å². The Bertz CT molecular complexity index is 543. The minimum atomic E-state index is -0.408. The Morgan fingerprint density at radius 1 is 1.33 bits per heavy atom. The summed E-state index contributed by atoms with van der Waals surface area (Å²) in [4.78, 5) is 22.6. The lowest BCUT2D eigenvalue weighted by atomic mass is 9.84. The SMILES string of the molecule is COc1ccc([C@H](C[N+](=O)[O-])[C@@H]2CCCC2=O)cc1OC. The third kappa shape index (κ3) is 3.32. The largest absolute Gasteiger partial charge is 0.493 e. The van der Waals surface area contributed by atoms with Crippen LogP contribution in [0.5, 0.6) is 11.5 Å². The summed E-state index contributed by atoms with van der Waals surface area (Å²) in [6.45, 7) is -0.244. The van der Waals surface area contributed by atoms with Gasteiger partial charge in [0.15, 0.2) is 11.5 Å². The van der Waals surface area contributed by atoms with Crippen molar-refractivity contribution >= 4 is 5.78 Å². The third-order valence-corrected chi connectivity index (χ3v) is 4.02. The zero-order chi connectivity index (χ0) is 15.4. The Kier molecular flexibility index (Phi) is 4.77. The highest BCUT2D eigenvalue weighted by molar-refractivity contribution is 5.83. The summed E-state index contributed by atoms with van der Waals surface area (Å²) in [7, 11) is 3.05. The molecule has 2 rings (SSSR count). The standard InChI is InChI=1S/C15H19NO5/c1-20-14-7-6-10(8-15(14)21-2)12(9-16(18)19)11-4-3-5-13(11)17/h6-8,11-12H,3-5,9H2,1-2H3/t11-,12-/m0/s1. The van der Waals surface area contributed by atoms with Crippen LogP contribution in [0, 0.1) is 16.0 Å². The third-order valence-electron chi connectivity index (χ3n) is 4.02. The van der Waals surface area contributed by atoms with Crippen LogP contribution in [0.25, 0.3) is 0 Å². The van der Waals surface area contributed by atoms with E-state index in [-0.39, 0.29) is 23.2 Å². The summed E-state index contributed by atoms with van der Waals surface area (Å²) in [6, 6.07) is 5.24. The van der Waals surface area contributed by atoms with Gasteiger partial charge < -0.3 is 9.47 Å². The summed E-state index contributed by atoms with van der Waals surface area (Å²) in [5, 5.41) is 11.0. The molecular formula is C15H19NO5. The van der Waals surface area contributed by atoms with Gasteiger partial charge in [0.1, 0.15) is 5.78 Å². The number of ketones is 1. The van der Waals surface area contributed by atoms with Crippen LogP contribution in [0.1, 0.15) is 30.7 Å². The van der Waals surface area contributed by atoms with Gasteiger partial charge in [-0.2, -0.15) is 0 Å². The van der Waals surface area contributed by atoms with E-state index in [1.807, 2.05) is 0 Å². The van der Waals surface area contributed by atoms with Gasteiger partial charge in [0, 0.05) is 17.3 Å². The zero-order valence-electron chi connectivity index (χ0n) is 12.2. The molecule has 1 aromatic rings. The Labute approximate surface area is 123 Å². The molecule has 1 saturated carbocycles. The second-order valence-corrected chi connectivity index (χ2v) is 5.20. The summed E-state index contributed by atoms with van der Waals surface area (Å²) in [5.74, 6) is 0.535. The second kappa shape index (κ2) is 6.56. The molecule has 0 N–H and O–H groups in total. The normalized spacial score (nSPS) is 19.3. The molecule has 0 heterocycles. The fourth-order valence-electron chi connectivity index (χ4n) is 2.98. The van der Waals surface area contributed by atoms with E-state index in [1.54, 1.807) is 18.2 Å². The average molecular weight is 293 g/mol. The molecule has 6 heteroatoms. The molecule has 0 aromatic heterocycles. The first-order valence-electron chi connectivity index (χ1n) is 6.93. The number of ether oxygens (including phenoxy) is 2. The molecule has 2 atom stereocenters. The van der Waals surface area contributed by atoms with Crippen molar-refractivity contribution < 1.29 is 19.2 Å². The van der Waals surface area contributed by atoms with E-state index in [2.05, 4.69) is 0 Å². The average Bonchev–Trinajstić information content (AvgIpc) is 2.89. The summed E-state index contributed by atoms with van der Waals surface area (Å²) >= 11 is 0. The van der Waals surface area contributed by atoms with Gasteiger partial charge in [-0.05, 0) is 30.5 Å². The van der Waals surface area contributed by atoms with E-state index in [4.69, 9.17) is 9.47 Å². The molecule has 6 nitrogen and oxygen atoms in total. The molecule has 0 aliphatic heterocycles. The number of rotatable bonds is 6. The lowest BCUT2D eigenvalue weighted by Gasteiger charge is -2.20. The van der Waals surface area contributed by atoms with Crippen molar-refractivity contribution in [3.63, 3.8) is 0 Å². The molecule has 1 aromatic carbocycles. The molecule has 0 spiro atoms. The maximum atomic E-state index is 12.0. The predicted octanol–water partition coefficient (Wildman–Crippen LogP) is 2.43. The number of hydrogen-bond acceptors (Lipinski definition) is 5. The molecule has 1 fully saturated rings. The van der Waals surface area contributed by atoms with Gasteiger partial charge in [-0.25, -0.2) is 0 Å². The molecule has 0 saturated heterocycles. The minimum Gasteiger partial charge on any atom is -0.493 e. The molecule has 1 aliphatic carbocycles. The van der Waals surface area contributed by atoms with Gasteiger partial charge in [0.05, 0.1) is 20.1 Å². The van der Waals surface area contributed by atoms with Crippen molar-refractivity contribution in [1.29, 1.82) is 0 Å². The number of benzene rings is 1. The second-order valence-electron chi connectivity index (χ2n) is 5.20. The highest BCUT2D eigenvalue weighted by Crippen LogP contribution is 2.38. The van der Waals surface area contributed by atoms with E-state index in [0.717, 1.165) is 12.0 Å². The van der Waals surface area contributed by atoms with Crippen molar-refractivity contribution in [2.24, 2.45) is 5.92 Å². The monoisotopic (exact) mass is 293 g/mol. The highest BCUT2D eigenvalue weighted by atomic mass is 16.6. The van der Waals surface area contributed by atoms with E-state index < -0.39 is 5.92 Å². The Morgan fingerprint density at radius 2 is 2.05 bits per heavy atom. The number of Topliss-reactive ketones (excluding diaryl/α,β-unsaturated/α-hetero) is 1. The van der Waals surface area contributed by atoms with E-state index >= 15 is 0 Å².